The first-order valence-corrected chi connectivity index (χ1v) is 5.00. The van der Waals surface area contributed by atoms with E-state index in [9.17, 15) is 9.59 Å². The van der Waals surface area contributed by atoms with Crippen LogP contribution in [0.15, 0.2) is 11.6 Å². The molecule has 76 valence electrons. The van der Waals surface area contributed by atoms with E-state index in [1.807, 2.05) is 0 Å². The molecule has 0 saturated heterocycles. The molecule has 6 heteroatoms. The van der Waals surface area contributed by atoms with E-state index in [1.165, 1.54) is 18.3 Å². The summed E-state index contributed by atoms with van der Waals surface area (Å²) in [5.74, 6) is -0.307. The molecule has 0 unspecified atom stereocenters. The molecule has 0 aliphatic carbocycles. The predicted molar refractivity (Wildman–Crippen MR) is 53.1 cm³/mol. The summed E-state index contributed by atoms with van der Waals surface area (Å²) in [4.78, 5) is 25.6. The van der Waals surface area contributed by atoms with E-state index in [2.05, 4.69) is 15.6 Å². The van der Waals surface area contributed by atoms with Crippen molar-refractivity contribution in [2.24, 2.45) is 0 Å². The fourth-order valence-electron chi connectivity index (χ4n) is 0.826. The summed E-state index contributed by atoms with van der Waals surface area (Å²) in [6, 6.07) is 0. The summed E-state index contributed by atoms with van der Waals surface area (Å²) >= 11 is 1.28. The summed E-state index contributed by atoms with van der Waals surface area (Å²) in [6.07, 6.45) is 1.58. The van der Waals surface area contributed by atoms with Gasteiger partial charge in [0.1, 0.15) is 0 Å². The number of nitrogens with one attached hydrogen (secondary N) is 2. The summed E-state index contributed by atoms with van der Waals surface area (Å²) in [7, 11) is 0. The quantitative estimate of drug-likeness (QED) is 0.692. The van der Waals surface area contributed by atoms with E-state index in [1.54, 1.807) is 11.6 Å². The van der Waals surface area contributed by atoms with Crippen molar-refractivity contribution < 1.29 is 9.59 Å². The number of carbonyl (C=O) groups excluding carboxylic acids is 2. The molecule has 0 aliphatic heterocycles. The van der Waals surface area contributed by atoms with E-state index in [4.69, 9.17) is 0 Å². The van der Waals surface area contributed by atoms with Crippen molar-refractivity contribution in [2.75, 3.05) is 13.1 Å². The maximum Gasteiger partial charge on any atom is 0.280 e. The van der Waals surface area contributed by atoms with Gasteiger partial charge in [0.25, 0.3) is 5.91 Å². The van der Waals surface area contributed by atoms with Crippen molar-refractivity contribution >= 4 is 23.2 Å². The van der Waals surface area contributed by atoms with Crippen LogP contribution in [0.2, 0.25) is 0 Å². The van der Waals surface area contributed by atoms with Crippen LogP contribution in [0.3, 0.4) is 0 Å². The van der Waals surface area contributed by atoms with Crippen LogP contribution in [-0.4, -0.2) is 29.9 Å². The summed E-state index contributed by atoms with van der Waals surface area (Å²) in [6.45, 7) is 2.28. The van der Waals surface area contributed by atoms with Crippen LogP contribution in [0.1, 0.15) is 16.7 Å². The molecule has 0 spiro atoms. The smallest absolute Gasteiger partial charge is 0.280 e. The van der Waals surface area contributed by atoms with Gasteiger partial charge < -0.3 is 10.6 Å². The topological polar surface area (TPSA) is 71.1 Å². The van der Waals surface area contributed by atoms with Gasteiger partial charge in [-0.25, -0.2) is 4.98 Å². The Morgan fingerprint density at radius 2 is 2.14 bits per heavy atom. The van der Waals surface area contributed by atoms with Crippen molar-refractivity contribution in [3.63, 3.8) is 0 Å². The number of hydrogen-bond acceptors (Lipinski definition) is 4. The zero-order chi connectivity index (χ0) is 10.4. The Labute approximate surface area is 85.5 Å². The van der Waals surface area contributed by atoms with Gasteiger partial charge in [-0.15, -0.1) is 11.3 Å². The molecular formula is C8H11N3O2S. The molecule has 0 fully saturated rings. The summed E-state index contributed by atoms with van der Waals surface area (Å²) < 4.78 is 0. The van der Waals surface area contributed by atoms with E-state index < -0.39 is 0 Å². The van der Waals surface area contributed by atoms with Crippen molar-refractivity contribution in [3.05, 3.63) is 16.6 Å². The van der Waals surface area contributed by atoms with E-state index in [-0.39, 0.29) is 11.8 Å². The minimum Gasteiger partial charge on any atom is -0.355 e. The SMILES string of the molecule is CC(=O)NCCNC(=O)c1nccs1. The monoisotopic (exact) mass is 213 g/mol. The Balaban J connectivity index is 2.19. The van der Waals surface area contributed by atoms with Gasteiger partial charge in [0, 0.05) is 31.6 Å². The van der Waals surface area contributed by atoms with Crippen LogP contribution in [0.5, 0.6) is 0 Å². The molecule has 0 saturated carbocycles. The Kier molecular flexibility index (Phi) is 4.06. The fourth-order valence-corrected chi connectivity index (χ4v) is 1.38. The van der Waals surface area contributed by atoms with Crippen LogP contribution < -0.4 is 10.6 Å². The highest BCUT2D eigenvalue weighted by Crippen LogP contribution is 2.02. The second kappa shape index (κ2) is 5.33. The van der Waals surface area contributed by atoms with Crippen molar-refractivity contribution in [2.45, 2.75) is 6.92 Å². The molecule has 0 aromatic carbocycles. The van der Waals surface area contributed by atoms with Gasteiger partial charge >= 0.3 is 0 Å². The molecule has 5 nitrogen and oxygen atoms in total. The molecular weight excluding hydrogens is 202 g/mol. The lowest BCUT2D eigenvalue weighted by Crippen LogP contribution is -2.33. The Bertz CT molecular complexity index is 310. The third kappa shape index (κ3) is 3.53. The van der Waals surface area contributed by atoms with Gasteiger partial charge in [-0.1, -0.05) is 0 Å². The van der Waals surface area contributed by atoms with Gasteiger partial charge in [0.05, 0.1) is 0 Å². The first-order chi connectivity index (χ1) is 6.70. The number of thiazole rings is 1. The average molecular weight is 213 g/mol. The molecule has 0 aliphatic rings. The summed E-state index contributed by atoms with van der Waals surface area (Å²) in [5, 5.41) is 7.39. The van der Waals surface area contributed by atoms with Crippen LogP contribution >= 0.6 is 11.3 Å². The largest absolute Gasteiger partial charge is 0.355 e. The highest BCUT2D eigenvalue weighted by atomic mass is 32.1. The van der Waals surface area contributed by atoms with Crippen molar-refractivity contribution in [1.29, 1.82) is 0 Å². The Morgan fingerprint density at radius 1 is 1.43 bits per heavy atom. The van der Waals surface area contributed by atoms with E-state index in [0.717, 1.165) is 0 Å². The second-order valence-electron chi connectivity index (χ2n) is 2.58. The first-order valence-electron chi connectivity index (χ1n) is 4.12. The highest BCUT2D eigenvalue weighted by molar-refractivity contribution is 7.11. The minimum atomic E-state index is -0.203. The van der Waals surface area contributed by atoms with Gasteiger partial charge in [0.2, 0.25) is 5.91 Å². The number of rotatable bonds is 4. The minimum absolute atomic E-state index is 0.103. The molecule has 2 N–H and O–H groups in total. The third-order valence-corrected chi connectivity index (χ3v) is 2.18. The molecule has 1 aromatic heterocycles. The number of amides is 2. The molecule has 1 rings (SSSR count). The molecule has 2 amide bonds. The van der Waals surface area contributed by atoms with Gasteiger partial charge in [0.15, 0.2) is 5.01 Å². The number of hydrogen-bond donors (Lipinski definition) is 2. The Morgan fingerprint density at radius 3 is 2.71 bits per heavy atom. The first kappa shape index (κ1) is 10.6. The fraction of sp³-hybridized carbons (Fsp3) is 0.375. The molecule has 14 heavy (non-hydrogen) atoms. The lowest BCUT2D eigenvalue weighted by molar-refractivity contribution is -0.118. The van der Waals surface area contributed by atoms with Crippen molar-refractivity contribution in [1.82, 2.24) is 15.6 Å². The normalized spacial score (nSPS) is 9.50. The van der Waals surface area contributed by atoms with E-state index >= 15 is 0 Å². The zero-order valence-corrected chi connectivity index (χ0v) is 8.56. The van der Waals surface area contributed by atoms with Crippen LogP contribution in [0.25, 0.3) is 0 Å². The zero-order valence-electron chi connectivity index (χ0n) is 7.74. The lowest BCUT2D eigenvalue weighted by Gasteiger charge is -2.02. The molecule has 0 radical (unpaired) electrons. The van der Waals surface area contributed by atoms with Gasteiger partial charge in [-0.3, -0.25) is 9.59 Å². The maximum absolute atomic E-state index is 11.3. The summed E-state index contributed by atoms with van der Waals surface area (Å²) in [5.41, 5.74) is 0. The maximum atomic E-state index is 11.3. The van der Waals surface area contributed by atoms with Gasteiger partial charge in [-0.05, 0) is 0 Å². The molecule has 0 bridgehead atoms. The van der Waals surface area contributed by atoms with Gasteiger partial charge in [-0.2, -0.15) is 0 Å². The number of nitrogens with zero attached hydrogens (tertiary/aromatic N) is 1. The predicted octanol–water partition coefficient (Wildman–Crippen LogP) is 0.00900. The van der Waals surface area contributed by atoms with Crippen LogP contribution in [0, 0.1) is 0 Å². The number of carbonyl (C=O) groups is 2. The Hall–Kier alpha value is -1.43. The molecule has 1 heterocycles. The van der Waals surface area contributed by atoms with E-state index in [0.29, 0.717) is 18.1 Å². The second-order valence-corrected chi connectivity index (χ2v) is 3.47. The van der Waals surface area contributed by atoms with Crippen LogP contribution in [-0.2, 0) is 4.79 Å². The van der Waals surface area contributed by atoms with Crippen LogP contribution in [0.4, 0.5) is 0 Å². The number of aromatic nitrogens is 1. The standard InChI is InChI=1S/C8H11N3O2S/c1-6(12)9-2-3-10-7(13)8-11-4-5-14-8/h4-5H,2-3H2,1H3,(H,9,12)(H,10,13). The molecule has 0 atom stereocenters. The molecule has 1 aromatic rings. The third-order valence-electron chi connectivity index (χ3n) is 1.41. The van der Waals surface area contributed by atoms with Crippen molar-refractivity contribution in [3.8, 4) is 0 Å². The average Bonchev–Trinajstić information content (AvgIpc) is 2.64. The lowest BCUT2D eigenvalue weighted by atomic mass is 10.5. The highest BCUT2D eigenvalue weighted by Gasteiger charge is 2.06.